The highest BCUT2D eigenvalue weighted by atomic mass is 35.5. The lowest BCUT2D eigenvalue weighted by atomic mass is 10.3. The summed E-state index contributed by atoms with van der Waals surface area (Å²) in [7, 11) is 0. The van der Waals surface area contributed by atoms with Crippen LogP contribution in [-0.2, 0) is 13.1 Å². The zero-order chi connectivity index (χ0) is 11.4. The van der Waals surface area contributed by atoms with Crippen molar-refractivity contribution in [2.45, 2.75) is 20.0 Å². The molecule has 0 fully saturated rings. The molecule has 2 rings (SSSR count). The second kappa shape index (κ2) is 5.14. The van der Waals surface area contributed by atoms with Gasteiger partial charge in [-0.3, -0.25) is 4.68 Å². The summed E-state index contributed by atoms with van der Waals surface area (Å²) < 4.78 is 6.89. The fraction of sp³-hybridized carbons (Fsp3) is 0.400. The molecule has 2 heterocycles. The first-order valence-electron chi connectivity index (χ1n) is 5.11. The van der Waals surface area contributed by atoms with Crippen LogP contribution in [0.5, 0.6) is 0 Å². The van der Waals surface area contributed by atoms with Gasteiger partial charge in [0, 0.05) is 18.8 Å². The van der Waals surface area contributed by atoms with E-state index in [0.717, 1.165) is 24.5 Å². The molecule has 0 saturated heterocycles. The molecule has 0 aliphatic heterocycles. The van der Waals surface area contributed by atoms with Gasteiger partial charge in [-0.15, -0.1) is 0 Å². The third-order valence-electron chi connectivity index (χ3n) is 2.08. The van der Waals surface area contributed by atoms with Gasteiger partial charge >= 0.3 is 0 Å². The third-order valence-corrected chi connectivity index (χ3v) is 2.28. The Morgan fingerprint density at radius 3 is 3.12 bits per heavy atom. The Labute approximate surface area is 98.4 Å². The van der Waals surface area contributed by atoms with E-state index >= 15 is 0 Å². The monoisotopic (exact) mass is 240 g/mol. The predicted molar refractivity (Wildman–Crippen MR) is 60.2 cm³/mol. The molecule has 0 saturated carbocycles. The first-order chi connectivity index (χ1) is 7.78. The van der Waals surface area contributed by atoms with E-state index in [-0.39, 0.29) is 0 Å². The molecule has 0 spiro atoms. The van der Waals surface area contributed by atoms with Crippen molar-refractivity contribution in [1.29, 1.82) is 0 Å². The molecule has 1 N–H and O–H groups in total. The maximum atomic E-state index is 5.76. The van der Waals surface area contributed by atoms with Crippen molar-refractivity contribution in [1.82, 2.24) is 20.3 Å². The Kier molecular flexibility index (Phi) is 3.58. The van der Waals surface area contributed by atoms with Gasteiger partial charge in [-0.25, -0.2) is 0 Å². The Bertz CT molecular complexity index is 451. The van der Waals surface area contributed by atoms with Gasteiger partial charge in [0.2, 0.25) is 0 Å². The van der Waals surface area contributed by atoms with Gasteiger partial charge in [0.1, 0.15) is 6.54 Å². The standard InChI is InChI=1S/C10H13ClN4O/c1-2-12-5-9-3-10(16-14-9)7-15-6-8(11)4-13-15/h3-4,6,12H,2,5,7H2,1H3. The van der Waals surface area contributed by atoms with Crippen LogP contribution in [0.3, 0.4) is 0 Å². The summed E-state index contributed by atoms with van der Waals surface area (Å²) in [4.78, 5) is 0. The number of aromatic nitrogens is 3. The second-order valence-corrected chi connectivity index (χ2v) is 3.86. The normalized spacial score (nSPS) is 10.9. The molecule has 2 aromatic heterocycles. The number of hydrogen-bond acceptors (Lipinski definition) is 4. The summed E-state index contributed by atoms with van der Waals surface area (Å²) in [5.74, 6) is 0.771. The maximum absolute atomic E-state index is 5.76. The van der Waals surface area contributed by atoms with E-state index in [0.29, 0.717) is 11.6 Å². The first kappa shape index (κ1) is 11.2. The number of hydrogen-bond donors (Lipinski definition) is 1. The molecular weight excluding hydrogens is 228 g/mol. The highest BCUT2D eigenvalue weighted by Gasteiger charge is 2.05. The number of nitrogens with one attached hydrogen (secondary N) is 1. The molecule has 86 valence electrons. The van der Waals surface area contributed by atoms with E-state index in [1.165, 1.54) is 0 Å². The minimum Gasteiger partial charge on any atom is -0.359 e. The van der Waals surface area contributed by atoms with E-state index in [9.17, 15) is 0 Å². The predicted octanol–water partition coefficient (Wildman–Crippen LogP) is 1.68. The second-order valence-electron chi connectivity index (χ2n) is 3.42. The van der Waals surface area contributed by atoms with Crippen molar-refractivity contribution in [2.24, 2.45) is 0 Å². The van der Waals surface area contributed by atoms with Crippen molar-refractivity contribution in [2.75, 3.05) is 6.54 Å². The lowest BCUT2D eigenvalue weighted by Crippen LogP contribution is -2.11. The molecule has 0 radical (unpaired) electrons. The highest BCUT2D eigenvalue weighted by Crippen LogP contribution is 2.09. The Balaban J connectivity index is 1.97. The van der Waals surface area contributed by atoms with Crippen molar-refractivity contribution in [3.8, 4) is 0 Å². The summed E-state index contributed by atoms with van der Waals surface area (Å²) in [5.41, 5.74) is 0.898. The van der Waals surface area contributed by atoms with Crippen LogP contribution in [-0.4, -0.2) is 21.5 Å². The van der Waals surface area contributed by atoms with Crippen LogP contribution in [0, 0.1) is 0 Å². The highest BCUT2D eigenvalue weighted by molar-refractivity contribution is 6.30. The maximum Gasteiger partial charge on any atom is 0.158 e. The van der Waals surface area contributed by atoms with E-state index in [1.807, 2.05) is 13.0 Å². The Morgan fingerprint density at radius 1 is 1.56 bits per heavy atom. The molecule has 5 nitrogen and oxygen atoms in total. The quantitative estimate of drug-likeness (QED) is 0.864. The minimum absolute atomic E-state index is 0.547. The van der Waals surface area contributed by atoms with Gasteiger partial charge in [-0.1, -0.05) is 23.7 Å². The number of rotatable bonds is 5. The van der Waals surface area contributed by atoms with Crippen molar-refractivity contribution in [3.05, 3.63) is 34.9 Å². The third kappa shape index (κ3) is 2.84. The van der Waals surface area contributed by atoms with E-state index in [2.05, 4.69) is 15.6 Å². The van der Waals surface area contributed by atoms with Crippen LogP contribution in [0.15, 0.2) is 23.0 Å². The lowest BCUT2D eigenvalue weighted by molar-refractivity contribution is 0.364. The molecule has 0 aliphatic rings. The molecule has 0 amide bonds. The van der Waals surface area contributed by atoms with Crippen molar-refractivity contribution in [3.63, 3.8) is 0 Å². The van der Waals surface area contributed by atoms with Crippen LogP contribution in [0.25, 0.3) is 0 Å². The van der Waals surface area contributed by atoms with E-state index < -0.39 is 0 Å². The SMILES string of the molecule is CCNCc1cc(Cn2cc(Cl)cn2)on1. The van der Waals surface area contributed by atoms with Crippen LogP contribution in [0.2, 0.25) is 5.02 Å². The van der Waals surface area contributed by atoms with Gasteiger partial charge < -0.3 is 9.84 Å². The number of nitrogens with zero attached hydrogens (tertiary/aromatic N) is 3. The molecule has 0 aliphatic carbocycles. The zero-order valence-corrected chi connectivity index (χ0v) is 9.74. The van der Waals surface area contributed by atoms with Crippen LogP contribution < -0.4 is 5.32 Å². The average molecular weight is 241 g/mol. The molecule has 0 bridgehead atoms. The molecule has 0 atom stereocenters. The minimum atomic E-state index is 0.547. The average Bonchev–Trinajstić information content (AvgIpc) is 2.86. The molecule has 0 unspecified atom stereocenters. The summed E-state index contributed by atoms with van der Waals surface area (Å²) in [6, 6.07) is 1.91. The fourth-order valence-corrected chi connectivity index (χ4v) is 1.51. The molecule has 6 heteroatoms. The van der Waals surface area contributed by atoms with Crippen molar-refractivity contribution >= 4 is 11.6 Å². The van der Waals surface area contributed by atoms with E-state index in [1.54, 1.807) is 17.1 Å². The van der Waals surface area contributed by atoms with Gasteiger partial charge in [-0.05, 0) is 6.54 Å². The smallest absolute Gasteiger partial charge is 0.158 e. The van der Waals surface area contributed by atoms with Gasteiger partial charge in [0.15, 0.2) is 5.76 Å². The van der Waals surface area contributed by atoms with Crippen molar-refractivity contribution < 1.29 is 4.52 Å². The first-order valence-corrected chi connectivity index (χ1v) is 5.49. The van der Waals surface area contributed by atoms with Crippen LogP contribution in [0.4, 0.5) is 0 Å². The van der Waals surface area contributed by atoms with Crippen LogP contribution in [0.1, 0.15) is 18.4 Å². The van der Waals surface area contributed by atoms with Crippen LogP contribution >= 0.6 is 11.6 Å². The van der Waals surface area contributed by atoms with Gasteiger partial charge in [0.05, 0.1) is 16.9 Å². The Hall–Kier alpha value is -1.33. The summed E-state index contributed by atoms with van der Waals surface area (Å²) >= 11 is 5.76. The summed E-state index contributed by atoms with van der Waals surface area (Å²) in [6.07, 6.45) is 3.34. The number of halogens is 1. The summed E-state index contributed by atoms with van der Waals surface area (Å²) in [6.45, 7) is 4.23. The molecule has 16 heavy (non-hydrogen) atoms. The summed E-state index contributed by atoms with van der Waals surface area (Å²) in [5, 5.41) is 11.8. The molecule has 2 aromatic rings. The van der Waals surface area contributed by atoms with E-state index in [4.69, 9.17) is 16.1 Å². The topological polar surface area (TPSA) is 55.9 Å². The zero-order valence-electron chi connectivity index (χ0n) is 8.98. The molecule has 0 aromatic carbocycles. The Morgan fingerprint density at radius 2 is 2.44 bits per heavy atom. The molecular formula is C10H13ClN4O. The van der Waals surface area contributed by atoms with Gasteiger partial charge in [0.25, 0.3) is 0 Å². The lowest BCUT2D eigenvalue weighted by Gasteiger charge is -1.94. The van der Waals surface area contributed by atoms with Gasteiger partial charge in [-0.2, -0.15) is 5.10 Å². The fourth-order valence-electron chi connectivity index (χ4n) is 1.35. The largest absolute Gasteiger partial charge is 0.359 e.